The van der Waals surface area contributed by atoms with E-state index in [1.807, 2.05) is 0 Å². The molecule has 0 fully saturated rings. The van der Waals surface area contributed by atoms with Crippen LogP contribution >= 0.6 is 34.8 Å². The quantitative estimate of drug-likeness (QED) is 0.554. The van der Waals surface area contributed by atoms with Crippen LogP contribution in [-0.2, 0) is 14.3 Å². The Labute approximate surface area is 160 Å². The molecule has 0 aliphatic heterocycles. The van der Waals surface area contributed by atoms with Crippen LogP contribution in [0.1, 0.15) is 12.5 Å². The minimum absolute atomic E-state index is 0.386. The highest BCUT2D eigenvalue weighted by atomic mass is 35.5. The van der Waals surface area contributed by atoms with Gasteiger partial charge in [-0.1, -0.05) is 46.9 Å². The van der Waals surface area contributed by atoms with Crippen LogP contribution in [0.15, 0.2) is 48.5 Å². The van der Waals surface area contributed by atoms with Gasteiger partial charge in [-0.15, -0.1) is 0 Å². The molecule has 0 aliphatic carbocycles. The second kappa shape index (κ2) is 8.90. The Morgan fingerprint density at radius 1 is 1.04 bits per heavy atom. The third kappa shape index (κ3) is 6.42. The lowest BCUT2D eigenvalue weighted by atomic mass is 10.2. The molecule has 0 aliphatic rings. The van der Waals surface area contributed by atoms with Crippen LogP contribution in [-0.4, -0.2) is 18.0 Å². The first-order valence-corrected chi connectivity index (χ1v) is 8.38. The molecule has 0 aromatic heterocycles. The Balaban J connectivity index is 1.92. The highest BCUT2D eigenvalue weighted by Crippen LogP contribution is 2.22. The van der Waals surface area contributed by atoms with E-state index in [2.05, 4.69) is 5.32 Å². The maximum absolute atomic E-state index is 12.1. The lowest BCUT2D eigenvalue weighted by Crippen LogP contribution is -2.29. The molecule has 0 heterocycles. The van der Waals surface area contributed by atoms with E-state index in [0.29, 0.717) is 20.8 Å². The maximum Gasteiger partial charge on any atom is 0.331 e. The molecule has 0 bridgehead atoms. The topological polar surface area (TPSA) is 55.4 Å². The number of esters is 1. The normalized spacial score (nSPS) is 12.0. The monoisotopic (exact) mass is 397 g/mol. The van der Waals surface area contributed by atoms with Crippen molar-refractivity contribution >= 4 is 58.4 Å². The van der Waals surface area contributed by atoms with Crippen molar-refractivity contribution in [2.45, 2.75) is 13.0 Å². The SMILES string of the molecule is C[C@H](OC(=O)/C=C/c1cccc(Cl)c1)C(=O)Nc1cc(Cl)cc(Cl)c1. The minimum atomic E-state index is -0.991. The van der Waals surface area contributed by atoms with Gasteiger partial charge in [0.15, 0.2) is 6.10 Å². The zero-order valence-electron chi connectivity index (χ0n) is 13.1. The van der Waals surface area contributed by atoms with Crippen LogP contribution in [0.4, 0.5) is 5.69 Å². The predicted molar refractivity (Wildman–Crippen MR) is 101 cm³/mol. The molecule has 0 radical (unpaired) electrons. The number of ether oxygens (including phenoxy) is 1. The molecular formula is C18H14Cl3NO3. The molecule has 7 heteroatoms. The fourth-order valence-electron chi connectivity index (χ4n) is 1.91. The largest absolute Gasteiger partial charge is 0.449 e. The van der Waals surface area contributed by atoms with E-state index in [9.17, 15) is 9.59 Å². The Hall–Kier alpha value is -2.01. The standard InChI is InChI=1S/C18H14Cl3NO3/c1-11(18(24)22-16-9-14(20)8-15(21)10-16)25-17(23)6-5-12-3-2-4-13(19)7-12/h2-11H,1H3,(H,22,24)/b6-5+/t11-/m0/s1. The second-order valence-corrected chi connectivity index (χ2v) is 6.42. The number of carbonyl (C=O) groups excluding carboxylic acids is 2. The Morgan fingerprint density at radius 2 is 1.72 bits per heavy atom. The first kappa shape index (κ1) is 19.3. The highest BCUT2D eigenvalue weighted by Gasteiger charge is 2.17. The van der Waals surface area contributed by atoms with Crippen LogP contribution in [0.2, 0.25) is 15.1 Å². The van der Waals surface area contributed by atoms with E-state index in [0.717, 1.165) is 5.56 Å². The predicted octanol–water partition coefficient (Wildman–Crippen LogP) is 5.23. The van der Waals surface area contributed by atoms with Crippen LogP contribution < -0.4 is 5.32 Å². The number of hydrogen-bond acceptors (Lipinski definition) is 3. The smallest absolute Gasteiger partial charge is 0.331 e. The van der Waals surface area contributed by atoms with E-state index in [1.54, 1.807) is 48.5 Å². The van der Waals surface area contributed by atoms with Gasteiger partial charge in [-0.05, 0) is 48.9 Å². The van der Waals surface area contributed by atoms with E-state index in [1.165, 1.54) is 13.0 Å². The third-order valence-corrected chi connectivity index (χ3v) is 3.72. The molecule has 2 rings (SSSR count). The first-order valence-electron chi connectivity index (χ1n) is 7.25. The molecule has 1 amide bonds. The Bertz CT molecular complexity index is 801. The van der Waals surface area contributed by atoms with Gasteiger partial charge in [0.25, 0.3) is 5.91 Å². The van der Waals surface area contributed by atoms with E-state index in [-0.39, 0.29) is 0 Å². The summed E-state index contributed by atoms with van der Waals surface area (Å²) < 4.78 is 5.06. The summed E-state index contributed by atoms with van der Waals surface area (Å²) >= 11 is 17.6. The number of benzene rings is 2. The van der Waals surface area contributed by atoms with Crippen LogP contribution in [0.25, 0.3) is 6.08 Å². The van der Waals surface area contributed by atoms with Crippen molar-refractivity contribution < 1.29 is 14.3 Å². The van der Waals surface area contributed by atoms with Crippen molar-refractivity contribution in [3.8, 4) is 0 Å². The number of amides is 1. The summed E-state index contributed by atoms with van der Waals surface area (Å²) in [6.07, 6.45) is 1.79. The minimum Gasteiger partial charge on any atom is -0.449 e. The van der Waals surface area contributed by atoms with Gasteiger partial charge in [-0.25, -0.2) is 4.79 Å². The molecular weight excluding hydrogens is 385 g/mol. The first-order chi connectivity index (χ1) is 11.8. The molecule has 2 aromatic rings. The number of nitrogens with one attached hydrogen (secondary N) is 1. The zero-order valence-corrected chi connectivity index (χ0v) is 15.4. The van der Waals surface area contributed by atoms with Crippen molar-refractivity contribution in [2.24, 2.45) is 0 Å². The maximum atomic E-state index is 12.1. The molecule has 130 valence electrons. The number of anilines is 1. The van der Waals surface area contributed by atoms with Gasteiger partial charge in [0, 0.05) is 26.8 Å². The number of hydrogen-bond donors (Lipinski definition) is 1. The van der Waals surface area contributed by atoms with Crippen LogP contribution in [0, 0.1) is 0 Å². The molecule has 0 spiro atoms. The summed E-state index contributed by atoms with van der Waals surface area (Å²) in [4.78, 5) is 23.9. The van der Waals surface area contributed by atoms with Gasteiger partial charge in [0.2, 0.25) is 0 Å². The highest BCUT2D eigenvalue weighted by molar-refractivity contribution is 6.35. The number of rotatable bonds is 5. The van der Waals surface area contributed by atoms with E-state index in [4.69, 9.17) is 39.5 Å². The average molecular weight is 399 g/mol. The van der Waals surface area contributed by atoms with Crippen molar-refractivity contribution in [1.82, 2.24) is 0 Å². The lowest BCUT2D eigenvalue weighted by molar-refractivity contribution is -0.148. The molecule has 0 unspecified atom stereocenters. The summed E-state index contributed by atoms with van der Waals surface area (Å²) in [7, 11) is 0. The lowest BCUT2D eigenvalue weighted by Gasteiger charge is -2.12. The Morgan fingerprint density at radius 3 is 2.36 bits per heavy atom. The van der Waals surface area contributed by atoms with Gasteiger partial charge in [-0.2, -0.15) is 0 Å². The van der Waals surface area contributed by atoms with Crippen molar-refractivity contribution in [3.63, 3.8) is 0 Å². The van der Waals surface area contributed by atoms with Gasteiger partial charge >= 0.3 is 5.97 Å². The van der Waals surface area contributed by atoms with Gasteiger partial charge in [0.05, 0.1) is 0 Å². The fraction of sp³-hybridized carbons (Fsp3) is 0.111. The average Bonchev–Trinajstić information content (AvgIpc) is 2.52. The van der Waals surface area contributed by atoms with Gasteiger partial charge in [-0.3, -0.25) is 4.79 Å². The molecule has 0 saturated heterocycles. The van der Waals surface area contributed by atoms with E-state index >= 15 is 0 Å². The van der Waals surface area contributed by atoms with Gasteiger partial charge in [0.1, 0.15) is 0 Å². The summed E-state index contributed by atoms with van der Waals surface area (Å²) in [6.45, 7) is 1.46. The molecule has 4 nitrogen and oxygen atoms in total. The second-order valence-electron chi connectivity index (χ2n) is 5.11. The zero-order chi connectivity index (χ0) is 18.4. The van der Waals surface area contributed by atoms with Gasteiger partial charge < -0.3 is 10.1 Å². The summed E-state index contributed by atoms with van der Waals surface area (Å²) in [6, 6.07) is 11.6. The Kier molecular flexibility index (Phi) is 6.88. The molecule has 1 N–H and O–H groups in total. The van der Waals surface area contributed by atoms with E-state index < -0.39 is 18.0 Å². The third-order valence-electron chi connectivity index (χ3n) is 3.05. The van der Waals surface area contributed by atoms with Crippen LogP contribution in [0.5, 0.6) is 0 Å². The van der Waals surface area contributed by atoms with Crippen molar-refractivity contribution in [3.05, 3.63) is 69.2 Å². The summed E-state index contributed by atoms with van der Waals surface area (Å²) in [5.74, 6) is -1.14. The van der Waals surface area contributed by atoms with Crippen molar-refractivity contribution in [2.75, 3.05) is 5.32 Å². The number of carbonyl (C=O) groups is 2. The molecule has 1 atom stereocenters. The molecule has 25 heavy (non-hydrogen) atoms. The molecule has 0 saturated carbocycles. The van der Waals surface area contributed by atoms with Crippen molar-refractivity contribution in [1.29, 1.82) is 0 Å². The van der Waals surface area contributed by atoms with Crippen LogP contribution in [0.3, 0.4) is 0 Å². The summed E-state index contributed by atoms with van der Waals surface area (Å²) in [5, 5.41) is 3.91. The number of halogens is 3. The summed E-state index contributed by atoms with van der Waals surface area (Å²) in [5.41, 5.74) is 1.16. The molecule has 2 aromatic carbocycles. The fourth-order valence-corrected chi connectivity index (χ4v) is 2.64.